The molecule has 0 fully saturated rings. The molecule has 0 saturated carbocycles. The Morgan fingerprint density at radius 1 is 1.16 bits per heavy atom. The Labute approximate surface area is 114 Å². The van der Waals surface area contributed by atoms with Gasteiger partial charge in [0.25, 0.3) is 0 Å². The molecular weight excluding hydrogens is 236 g/mol. The summed E-state index contributed by atoms with van der Waals surface area (Å²) in [7, 11) is 1.86. The first-order valence-electron chi connectivity index (χ1n) is 6.43. The molecule has 0 saturated heterocycles. The molecule has 2 rings (SSSR count). The third-order valence-electron chi connectivity index (χ3n) is 2.91. The molecule has 1 aromatic heterocycles. The van der Waals surface area contributed by atoms with E-state index in [4.69, 9.17) is 0 Å². The molecule has 0 unspecified atom stereocenters. The van der Waals surface area contributed by atoms with Gasteiger partial charge in [-0.1, -0.05) is 24.3 Å². The van der Waals surface area contributed by atoms with Gasteiger partial charge in [-0.15, -0.1) is 0 Å². The first-order chi connectivity index (χ1) is 8.98. The van der Waals surface area contributed by atoms with E-state index in [-0.39, 0.29) is 0 Å². The van der Waals surface area contributed by atoms with Gasteiger partial charge in [0, 0.05) is 19.7 Å². The second-order valence-corrected chi connectivity index (χ2v) is 5.37. The molecule has 0 amide bonds. The number of rotatable bonds is 4. The van der Waals surface area contributed by atoms with Crippen molar-refractivity contribution in [2.45, 2.75) is 25.9 Å². The second kappa shape index (κ2) is 5.41. The Morgan fingerprint density at radius 3 is 2.58 bits per heavy atom. The van der Waals surface area contributed by atoms with E-state index in [9.17, 15) is 5.11 Å². The summed E-state index contributed by atoms with van der Waals surface area (Å²) in [6.07, 6.45) is 2.44. The van der Waals surface area contributed by atoms with E-state index in [0.29, 0.717) is 6.42 Å². The number of hydrogen-bond donors (Lipinski definition) is 2. The predicted octanol–water partition coefficient (Wildman–Crippen LogP) is 3.10. The lowest BCUT2D eigenvalue weighted by Gasteiger charge is -2.17. The van der Waals surface area contributed by atoms with Crippen LogP contribution in [0.1, 0.15) is 19.4 Å². The molecule has 1 heterocycles. The largest absolute Gasteiger partial charge is 0.390 e. The summed E-state index contributed by atoms with van der Waals surface area (Å²) in [6, 6.07) is 12.3. The molecule has 0 radical (unpaired) electrons. The summed E-state index contributed by atoms with van der Waals surface area (Å²) < 4.78 is 0. The monoisotopic (exact) mass is 256 g/mol. The van der Waals surface area contributed by atoms with Crippen molar-refractivity contribution in [1.82, 2.24) is 4.98 Å². The van der Waals surface area contributed by atoms with Crippen LogP contribution in [0.4, 0.5) is 5.82 Å². The molecule has 19 heavy (non-hydrogen) atoms. The average molecular weight is 256 g/mol. The minimum Gasteiger partial charge on any atom is -0.390 e. The standard InChI is InChI=1S/C16H20N2O/c1-16(2,19)11-12-5-4-6-13(9-12)14-7-8-18-15(10-14)17-3/h4-10,19H,11H2,1-3H3,(H,17,18). The molecule has 100 valence electrons. The van der Waals surface area contributed by atoms with Crippen LogP contribution in [-0.2, 0) is 6.42 Å². The van der Waals surface area contributed by atoms with Gasteiger partial charge in [-0.25, -0.2) is 4.98 Å². The van der Waals surface area contributed by atoms with Gasteiger partial charge < -0.3 is 10.4 Å². The van der Waals surface area contributed by atoms with Crippen molar-refractivity contribution in [2.75, 3.05) is 12.4 Å². The highest BCUT2D eigenvalue weighted by Crippen LogP contribution is 2.23. The van der Waals surface area contributed by atoms with Gasteiger partial charge >= 0.3 is 0 Å². The van der Waals surface area contributed by atoms with Crippen molar-refractivity contribution < 1.29 is 5.11 Å². The second-order valence-electron chi connectivity index (χ2n) is 5.37. The predicted molar refractivity (Wildman–Crippen MR) is 79.2 cm³/mol. The number of nitrogens with zero attached hydrogens (tertiary/aromatic N) is 1. The van der Waals surface area contributed by atoms with Crippen LogP contribution in [0.5, 0.6) is 0 Å². The van der Waals surface area contributed by atoms with E-state index in [1.807, 2.05) is 45.2 Å². The topological polar surface area (TPSA) is 45.1 Å². The van der Waals surface area contributed by atoms with Gasteiger partial charge in [0.2, 0.25) is 0 Å². The number of aliphatic hydroxyl groups is 1. The number of aromatic nitrogens is 1. The van der Waals surface area contributed by atoms with E-state index in [1.54, 1.807) is 6.20 Å². The molecule has 0 aliphatic carbocycles. The number of benzene rings is 1. The lowest BCUT2D eigenvalue weighted by molar-refractivity contribution is 0.0810. The Hall–Kier alpha value is -1.87. The highest BCUT2D eigenvalue weighted by molar-refractivity contribution is 5.66. The fraction of sp³-hybridized carbons (Fsp3) is 0.312. The van der Waals surface area contributed by atoms with Crippen molar-refractivity contribution in [3.63, 3.8) is 0 Å². The van der Waals surface area contributed by atoms with Crippen LogP contribution in [-0.4, -0.2) is 22.7 Å². The zero-order valence-electron chi connectivity index (χ0n) is 11.6. The summed E-state index contributed by atoms with van der Waals surface area (Å²) in [4.78, 5) is 4.21. The van der Waals surface area contributed by atoms with Gasteiger partial charge in [0.05, 0.1) is 5.60 Å². The summed E-state index contributed by atoms with van der Waals surface area (Å²) >= 11 is 0. The molecule has 0 aliphatic rings. The van der Waals surface area contributed by atoms with E-state index >= 15 is 0 Å². The maximum absolute atomic E-state index is 9.89. The van der Waals surface area contributed by atoms with Gasteiger partial charge in [0.15, 0.2) is 0 Å². The van der Waals surface area contributed by atoms with E-state index in [0.717, 1.165) is 22.5 Å². The van der Waals surface area contributed by atoms with Gasteiger partial charge in [0.1, 0.15) is 5.82 Å². The number of anilines is 1. The molecule has 0 bridgehead atoms. The molecule has 0 aliphatic heterocycles. The Bertz CT molecular complexity index is 559. The maximum Gasteiger partial charge on any atom is 0.126 e. The zero-order chi connectivity index (χ0) is 13.9. The molecule has 3 heteroatoms. The van der Waals surface area contributed by atoms with Crippen LogP contribution in [0.2, 0.25) is 0 Å². The van der Waals surface area contributed by atoms with Crippen LogP contribution in [0.25, 0.3) is 11.1 Å². The van der Waals surface area contributed by atoms with Crippen LogP contribution in [0, 0.1) is 0 Å². The molecular formula is C16H20N2O. The first kappa shape index (κ1) is 13.6. The van der Waals surface area contributed by atoms with Crippen LogP contribution in [0.3, 0.4) is 0 Å². The minimum absolute atomic E-state index is 0.644. The van der Waals surface area contributed by atoms with E-state index in [1.165, 1.54) is 0 Å². The summed E-state index contributed by atoms with van der Waals surface area (Å²) in [5, 5.41) is 12.9. The fourth-order valence-corrected chi connectivity index (χ4v) is 2.11. The van der Waals surface area contributed by atoms with Crippen molar-refractivity contribution in [3.8, 4) is 11.1 Å². The smallest absolute Gasteiger partial charge is 0.126 e. The van der Waals surface area contributed by atoms with Crippen molar-refractivity contribution >= 4 is 5.82 Å². The fourth-order valence-electron chi connectivity index (χ4n) is 2.11. The number of hydrogen-bond acceptors (Lipinski definition) is 3. The first-order valence-corrected chi connectivity index (χ1v) is 6.43. The zero-order valence-corrected chi connectivity index (χ0v) is 11.6. The van der Waals surface area contributed by atoms with E-state index in [2.05, 4.69) is 22.4 Å². The molecule has 2 aromatic rings. The normalized spacial score (nSPS) is 11.4. The molecule has 1 aromatic carbocycles. The van der Waals surface area contributed by atoms with E-state index < -0.39 is 5.60 Å². The average Bonchev–Trinajstić information content (AvgIpc) is 2.37. The van der Waals surface area contributed by atoms with Crippen LogP contribution < -0.4 is 5.32 Å². The Morgan fingerprint density at radius 2 is 1.89 bits per heavy atom. The van der Waals surface area contributed by atoms with Crippen LogP contribution >= 0.6 is 0 Å². The molecule has 0 spiro atoms. The molecule has 2 N–H and O–H groups in total. The van der Waals surface area contributed by atoms with Crippen molar-refractivity contribution in [1.29, 1.82) is 0 Å². The SMILES string of the molecule is CNc1cc(-c2cccc(CC(C)(C)O)c2)ccn1. The lowest BCUT2D eigenvalue weighted by atomic mass is 9.96. The quantitative estimate of drug-likeness (QED) is 0.883. The lowest BCUT2D eigenvalue weighted by Crippen LogP contribution is -2.21. The van der Waals surface area contributed by atoms with Crippen molar-refractivity contribution in [3.05, 3.63) is 48.2 Å². The number of nitrogens with one attached hydrogen (secondary N) is 1. The third kappa shape index (κ3) is 3.80. The van der Waals surface area contributed by atoms with Gasteiger partial charge in [-0.3, -0.25) is 0 Å². The Balaban J connectivity index is 2.32. The summed E-state index contributed by atoms with van der Waals surface area (Å²) in [5.41, 5.74) is 2.71. The molecule has 3 nitrogen and oxygen atoms in total. The Kier molecular flexibility index (Phi) is 3.86. The molecule has 0 atom stereocenters. The highest BCUT2D eigenvalue weighted by Gasteiger charge is 2.13. The van der Waals surface area contributed by atoms with Gasteiger partial charge in [-0.05, 0) is 42.7 Å². The number of pyridine rings is 1. The third-order valence-corrected chi connectivity index (χ3v) is 2.91. The summed E-state index contributed by atoms with van der Waals surface area (Å²) in [5.74, 6) is 0.852. The van der Waals surface area contributed by atoms with Crippen LogP contribution in [0.15, 0.2) is 42.6 Å². The minimum atomic E-state index is -0.687. The van der Waals surface area contributed by atoms with Crippen molar-refractivity contribution in [2.24, 2.45) is 0 Å². The van der Waals surface area contributed by atoms with Gasteiger partial charge in [-0.2, -0.15) is 0 Å². The summed E-state index contributed by atoms with van der Waals surface area (Å²) in [6.45, 7) is 3.65. The maximum atomic E-state index is 9.89. The highest BCUT2D eigenvalue weighted by atomic mass is 16.3.